The third-order valence-corrected chi connectivity index (χ3v) is 0.544. The molecule has 0 saturated carbocycles. The molecular formula is C5H11N3. The monoisotopic (exact) mass is 113 g/mol. The molecule has 0 heterocycles. The smallest absolute Gasteiger partial charge is 0.0905 e. The highest BCUT2D eigenvalue weighted by Crippen LogP contribution is 1.70. The summed E-state index contributed by atoms with van der Waals surface area (Å²) in [6.45, 7) is 0.662. The van der Waals surface area contributed by atoms with E-state index in [1.807, 2.05) is 19.0 Å². The molecule has 0 spiro atoms. The molecule has 0 rings (SSSR count). The van der Waals surface area contributed by atoms with Gasteiger partial charge in [-0.1, -0.05) is 0 Å². The lowest BCUT2D eigenvalue weighted by Gasteiger charge is -2.01. The van der Waals surface area contributed by atoms with Gasteiger partial charge in [-0.3, -0.25) is 9.89 Å². The first-order valence-corrected chi connectivity index (χ1v) is 2.41. The molecule has 0 amide bonds. The van der Waals surface area contributed by atoms with Gasteiger partial charge in [0.2, 0.25) is 0 Å². The number of aliphatic imine (C=N–C) groups is 1. The first-order valence-electron chi connectivity index (χ1n) is 2.41. The number of hydrogen-bond acceptors (Lipinski definition) is 3. The van der Waals surface area contributed by atoms with Crippen LogP contribution in [0.25, 0.3) is 0 Å². The Morgan fingerprint density at radius 1 is 1.62 bits per heavy atom. The lowest BCUT2D eigenvalue weighted by atomic mass is 10.8. The van der Waals surface area contributed by atoms with E-state index in [-0.39, 0.29) is 0 Å². The Kier molecular flexibility index (Phi) is 4.07. The fourth-order valence-electron chi connectivity index (χ4n) is 0.263. The van der Waals surface area contributed by atoms with Crippen LogP contribution in [0.4, 0.5) is 0 Å². The molecule has 0 saturated heterocycles. The summed E-state index contributed by atoms with van der Waals surface area (Å²) in [6.07, 6.45) is 2.64. The molecule has 0 atom stereocenters. The normalized spacial score (nSPS) is 10.9. The molecule has 0 aliphatic carbocycles. The Labute approximate surface area is 49.5 Å². The summed E-state index contributed by atoms with van der Waals surface area (Å²) in [7, 11) is 3.86. The van der Waals surface area contributed by atoms with Crippen molar-refractivity contribution in [2.24, 2.45) is 4.99 Å². The molecule has 0 aromatic carbocycles. The fourth-order valence-corrected chi connectivity index (χ4v) is 0.263. The topological polar surface area (TPSA) is 39.5 Å². The molecule has 3 heteroatoms. The van der Waals surface area contributed by atoms with E-state index in [9.17, 15) is 0 Å². The van der Waals surface area contributed by atoms with Crippen LogP contribution in [-0.2, 0) is 0 Å². The average Bonchev–Trinajstić information content (AvgIpc) is 1.66. The number of nitrogens with zero attached hydrogens (tertiary/aromatic N) is 2. The summed E-state index contributed by atoms with van der Waals surface area (Å²) in [6, 6.07) is 0. The van der Waals surface area contributed by atoms with Crippen LogP contribution in [-0.4, -0.2) is 38.1 Å². The lowest BCUT2D eigenvalue weighted by Crippen LogP contribution is -2.10. The minimum Gasteiger partial charge on any atom is -0.307 e. The van der Waals surface area contributed by atoms with Crippen molar-refractivity contribution in [1.29, 1.82) is 5.41 Å². The zero-order valence-electron chi connectivity index (χ0n) is 5.26. The largest absolute Gasteiger partial charge is 0.307 e. The summed E-state index contributed by atoms with van der Waals surface area (Å²) in [5.74, 6) is 0. The first kappa shape index (κ1) is 7.30. The summed E-state index contributed by atoms with van der Waals surface area (Å²) in [4.78, 5) is 5.78. The number of nitrogens with one attached hydrogen (secondary N) is 1. The molecular weight excluding hydrogens is 102 g/mol. The zero-order valence-corrected chi connectivity index (χ0v) is 5.26. The molecule has 0 bridgehead atoms. The second-order valence-electron chi connectivity index (χ2n) is 1.72. The molecule has 0 aliphatic heterocycles. The number of rotatable bonds is 3. The van der Waals surface area contributed by atoms with Crippen LogP contribution in [0.2, 0.25) is 0 Å². The molecule has 0 aromatic rings. The molecule has 3 nitrogen and oxygen atoms in total. The Hall–Kier alpha value is -0.700. The van der Waals surface area contributed by atoms with Crippen molar-refractivity contribution in [3.8, 4) is 0 Å². The van der Waals surface area contributed by atoms with E-state index in [1.165, 1.54) is 12.4 Å². The van der Waals surface area contributed by atoms with Gasteiger partial charge in [-0.05, 0) is 14.1 Å². The Morgan fingerprint density at radius 2 is 2.25 bits per heavy atom. The van der Waals surface area contributed by atoms with Gasteiger partial charge in [-0.15, -0.1) is 0 Å². The quantitative estimate of drug-likeness (QED) is 0.523. The van der Waals surface area contributed by atoms with Crippen LogP contribution >= 0.6 is 0 Å². The van der Waals surface area contributed by atoms with Crippen molar-refractivity contribution in [1.82, 2.24) is 4.90 Å². The second-order valence-corrected chi connectivity index (χ2v) is 1.72. The first-order chi connectivity index (χ1) is 3.77. The van der Waals surface area contributed by atoms with E-state index in [4.69, 9.17) is 5.41 Å². The van der Waals surface area contributed by atoms with E-state index in [0.29, 0.717) is 6.67 Å². The molecule has 0 aliphatic rings. The minimum atomic E-state index is 0.662. The van der Waals surface area contributed by atoms with Crippen LogP contribution in [0.3, 0.4) is 0 Å². The van der Waals surface area contributed by atoms with Gasteiger partial charge in [-0.25, -0.2) is 0 Å². The van der Waals surface area contributed by atoms with Crippen LogP contribution < -0.4 is 0 Å². The summed E-state index contributed by atoms with van der Waals surface area (Å²) in [5, 5.41) is 6.55. The maximum absolute atomic E-state index is 6.55. The predicted octanol–water partition coefficient (Wildman–Crippen LogP) is 0.226. The zero-order chi connectivity index (χ0) is 6.41. The van der Waals surface area contributed by atoms with Crippen LogP contribution in [0, 0.1) is 5.41 Å². The Balaban J connectivity index is 3.15. The van der Waals surface area contributed by atoms with Gasteiger partial charge in [0.25, 0.3) is 0 Å². The molecule has 1 N–H and O–H groups in total. The van der Waals surface area contributed by atoms with Gasteiger partial charge >= 0.3 is 0 Å². The van der Waals surface area contributed by atoms with Crippen LogP contribution in [0.1, 0.15) is 0 Å². The van der Waals surface area contributed by atoms with Crippen molar-refractivity contribution in [3.63, 3.8) is 0 Å². The SMILES string of the molecule is CN(C)C/N=C\C=N. The van der Waals surface area contributed by atoms with Crippen LogP contribution in [0.5, 0.6) is 0 Å². The van der Waals surface area contributed by atoms with Crippen molar-refractivity contribution in [3.05, 3.63) is 0 Å². The maximum Gasteiger partial charge on any atom is 0.0905 e. The van der Waals surface area contributed by atoms with Crippen LogP contribution in [0.15, 0.2) is 4.99 Å². The fraction of sp³-hybridized carbons (Fsp3) is 0.600. The molecule has 46 valence electrons. The van der Waals surface area contributed by atoms with Gasteiger partial charge < -0.3 is 5.41 Å². The minimum absolute atomic E-state index is 0.662. The van der Waals surface area contributed by atoms with E-state index in [1.54, 1.807) is 0 Å². The Bertz CT molecular complexity index is 85.7. The maximum atomic E-state index is 6.55. The summed E-state index contributed by atoms with van der Waals surface area (Å²) < 4.78 is 0. The summed E-state index contributed by atoms with van der Waals surface area (Å²) >= 11 is 0. The van der Waals surface area contributed by atoms with Gasteiger partial charge in [0.05, 0.1) is 6.67 Å². The standard InChI is InChI=1S/C5H11N3/c1-8(2)5-7-4-3-6/h3-4,6H,5H2,1-2H3/b6-3?,7-4-. The van der Waals surface area contributed by atoms with Crippen molar-refractivity contribution in [2.45, 2.75) is 0 Å². The average molecular weight is 113 g/mol. The molecule has 8 heavy (non-hydrogen) atoms. The highest BCUT2D eigenvalue weighted by molar-refractivity contribution is 6.14. The molecule has 0 radical (unpaired) electrons. The number of hydrogen-bond donors (Lipinski definition) is 1. The third-order valence-electron chi connectivity index (χ3n) is 0.544. The summed E-state index contributed by atoms with van der Waals surface area (Å²) in [5.41, 5.74) is 0. The van der Waals surface area contributed by atoms with Crippen molar-refractivity contribution >= 4 is 12.4 Å². The second kappa shape index (κ2) is 4.46. The van der Waals surface area contributed by atoms with E-state index in [0.717, 1.165) is 0 Å². The highest BCUT2D eigenvalue weighted by Gasteiger charge is 1.78. The molecule has 0 fully saturated rings. The third kappa shape index (κ3) is 5.30. The van der Waals surface area contributed by atoms with Gasteiger partial charge in [0.1, 0.15) is 0 Å². The van der Waals surface area contributed by atoms with E-state index >= 15 is 0 Å². The predicted molar refractivity (Wildman–Crippen MR) is 35.8 cm³/mol. The van der Waals surface area contributed by atoms with Crippen molar-refractivity contribution < 1.29 is 0 Å². The molecule has 0 aromatic heterocycles. The Morgan fingerprint density at radius 3 is 2.62 bits per heavy atom. The lowest BCUT2D eigenvalue weighted by molar-refractivity contribution is 0.425. The van der Waals surface area contributed by atoms with E-state index in [2.05, 4.69) is 4.99 Å². The van der Waals surface area contributed by atoms with Gasteiger partial charge in [-0.2, -0.15) is 0 Å². The van der Waals surface area contributed by atoms with Gasteiger partial charge in [0, 0.05) is 12.4 Å². The highest BCUT2D eigenvalue weighted by atomic mass is 15.1. The van der Waals surface area contributed by atoms with Crippen molar-refractivity contribution in [2.75, 3.05) is 20.8 Å². The van der Waals surface area contributed by atoms with E-state index < -0.39 is 0 Å². The molecule has 0 unspecified atom stereocenters. The van der Waals surface area contributed by atoms with Gasteiger partial charge in [0.15, 0.2) is 0 Å².